The molecule has 22 heavy (non-hydrogen) atoms. The molecular weight excluding hydrogens is 326 g/mol. The third-order valence-electron chi connectivity index (χ3n) is 2.62. The van der Waals surface area contributed by atoms with E-state index in [9.17, 15) is 18.0 Å². The fourth-order valence-corrected chi connectivity index (χ4v) is 3.18. The Balaban J connectivity index is 1.82. The molecule has 2 aromatic rings. The van der Waals surface area contributed by atoms with Gasteiger partial charge in [-0.2, -0.15) is 4.72 Å². The van der Waals surface area contributed by atoms with Crippen molar-refractivity contribution >= 4 is 33.1 Å². The third kappa shape index (κ3) is 4.48. The van der Waals surface area contributed by atoms with Crippen LogP contribution in [0.25, 0.3) is 0 Å². The van der Waals surface area contributed by atoms with Gasteiger partial charge >= 0.3 is 5.97 Å². The lowest BCUT2D eigenvalue weighted by atomic mass is 10.3. The summed E-state index contributed by atoms with van der Waals surface area (Å²) in [6.07, 6.45) is 0. The molecule has 1 aromatic carbocycles. The van der Waals surface area contributed by atoms with E-state index in [1.807, 2.05) is 0 Å². The highest BCUT2D eigenvalue weighted by Crippen LogP contribution is 2.09. The number of carbonyl (C=O) groups excluding carboxylic acids is 2. The summed E-state index contributed by atoms with van der Waals surface area (Å²) >= 11 is 1.25. The molecule has 0 bridgehead atoms. The smallest absolute Gasteiger partial charge is 0.321 e. The first-order chi connectivity index (χ1) is 10.5. The molecule has 0 aliphatic rings. The maximum Gasteiger partial charge on any atom is 0.321 e. The number of hydrogen-bond acceptors (Lipinski definition) is 6. The number of benzene rings is 1. The van der Waals surface area contributed by atoms with E-state index in [2.05, 4.69) is 4.72 Å². The maximum atomic E-state index is 11.9. The minimum absolute atomic E-state index is 0.0532. The van der Waals surface area contributed by atoms with E-state index in [1.165, 1.54) is 23.5 Å². The lowest BCUT2D eigenvalue weighted by Gasteiger charge is -2.06. The number of Topliss-reactive ketones (excluding diaryl/α,β-unsaturated/α-hetero) is 1. The van der Waals surface area contributed by atoms with E-state index in [-0.39, 0.29) is 10.7 Å². The highest BCUT2D eigenvalue weighted by Gasteiger charge is 2.16. The quantitative estimate of drug-likeness (QED) is 0.609. The first-order valence-corrected chi connectivity index (χ1v) is 8.62. The fourth-order valence-electron chi connectivity index (χ4n) is 1.54. The largest absolute Gasteiger partial charge is 0.456 e. The number of sulfonamides is 1. The van der Waals surface area contributed by atoms with Gasteiger partial charge in [0.2, 0.25) is 15.8 Å². The zero-order valence-electron chi connectivity index (χ0n) is 11.4. The summed E-state index contributed by atoms with van der Waals surface area (Å²) in [4.78, 5) is 23.7. The molecule has 0 saturated carbocycles. The van der Waals surface area contributed by atoms with Crippen molar-refractivity contribution in [2.45, 2.75) is 4.90 Å². The van der Waals surface area contributed by atoms with Crippen molar-refractivity contribution < 1.29 is 22.7 Å². The zero-order chi connectivity index (χ0) is 16.0. The molecule has 0 amide bonds. The van der Waals surface area contributed by atoms with Crippen LogP contribution in [0.2, 0.25) is 0 Å². The average Bonchev–Trinajstić information content (AvgIpc) is 3.06. The van der Waals surface area contributed by atoms with Crippen LogP contribution in [-0.2, 0) is 19.6 Å². The van der Waals surface area contributed by atoms with Gasteiger partial charge in [0.05, 0.1) is 9.77 Å². The van der Waals surface area contributed by atoms with Crippen molar-refractivity contribution in [3.63, 3.8) is 0 Å². The standard InChI is InChI=1S/C14H13NO5S2/c16-12(13-7-4-8-21-13)10-20-14(17)9-15-22(18,19)11-5-2-1-3-6-11/h1-8,15H,9-10H2. The highest BCUT2D eigenvalue weighted by atomic mass is 32.2. The maximum absolute atomic E-state index is 11.9. The minimum atomic E-state index is -3.77. The fraction of sp³-hybridized carbons (Fsp3) is 0.143. The molecule has 1 N–H and O–H groups in total. The second-order valence-electron chi connectivity index (χ2n) is 4.20. The summed E-state index contributed by atoms with van der Waals surface area (Å²) in [5, 5.41) is 1.74. The molecule has 8 heteroatoms. The zero-order valence-corrected chi connectivity index (χ0v) is 13.0. The molecule has 0 atom stereocenters. The SMILES string of the molecule is O=C(CNS(=O)(=O)c1ccccc1)OCC(=O)c1cccs1. The molecule has 1 heterocycles. The van der Waals surface area contributed by atoms with Crippen molar-refractivity contribution in [1.29, 1.82) is 0 Å². The van der Waals surface area contributed by atoms with Gasteiger partial charge in [0.15, 0.2) is 6.61 Å². The number of nitrogens with one attached hydrogen (secondary N) is 1. The number of rotatable bonds is 7. The Bertz CT molecular complexity index is 739. The predicted molar refractivity (Wildman–Crippen MR) is 81.2 cm³/mol. The third-order valence-corrected chi connectivity index (χ3v) is 4.95. The van der Waals surface area contributed by atoms with Crippen LogP contribution in [0.1, 0.15) is 9.67 Å². The summed E-state index contributed by atoms with van der Waals surface area (Å²) in [5.74, 6) is -1.14. The van der Waals surface area contributed by atoms with Crippen LogP contribution in [0.5, 0.6) is 0 Å². The van der Waals surface area contributed by atoms with Crippen LogP contribution in [0.15, 0.2) is 52.7 Å². The van der Waals surface area contributed by atoms with Crippen molar-refractivity contribution in [2.24, 2.45) is 0 Å². The van der Waals surface area contributed by atoms with Crippen LogP contribution >= 0.6 is 11.3 Å². The van der Waals surface area contributed by atoms with Gasteiger partial charge in [-0.1, -0.05) is 24.3 Å². The van der Waals surface area contributed by atoms with Gasteiger partial charge in [0, 0.05) is 0 Å². The van der Waals surface area contributed by atoms with Crippen molar-refractivity contribution in [3.8, 4) is 0 Å². The van der Waals surface area contributed by atoms with Crippen LogP contribution in [0, 0.1) is 0 Å². The Kier molecular flexibility index (Phi) is 5.42. The Hall–Kier alpha value is -2.03. The highest BCUT2D eigenvalue weighted by molar-refractivity contribution is 7.89. The summed E-state index contributed by atoms with van der Waals surface area (Å²) in [6, 6.07) is 11.0. The summed E-state index contributed by atoms with van der Waals surface area (Å²) in [5.41, 5.74) is 0. The Morgan fingerprint density at radius 3 is 2.45 bits per heavy atom. The van der Waals surface area contributed by atoms with Crippen LogP contribution in [0.4, 0.5) is 0 Å². The monoisotopic (exact) mass is 339 g/mol. The molecule has 0 aliphatic heterocycles. The van der Waals surface area contributed by atoms with Crippen molar-refractivity contribution in [2.75, 3.05) is 13.2 Å². The van der Waals surface area contributed by atoms with E-state index >= 15 is 0 Å². The van der Waals surface area contributed by atoms with Crippen LogP contribution in [-0.4, -0.2) is 33.3 Å². The number of esters is 1. The van der Waals surface area contributed by atoms with E-state index in [1.54, 1.807) is 35.7 Å². The molecule has 0 saturated heterocycles. The van der Waals surface area contributed by atoms with Gasteiger partial charge in [0.25, 0.3) is 0 Å². The number of carbonyl (C=O) groups is 2. The van der Waals surface area contributed by atoms with Gasteiger partial charge in [-0.15, -0.1) is 11.3 Å². The van der Waals surface area contributed by atoms with Gasteiger partial charge in [-0.05, 0) is 23.6 Å². The second kappa shape index (κ2) is 7.30. The molecule has 0 unspecified atom stereocenters. The van der Waals surface area contributed by atoms with Crippen LogP contribution in [0.3, 0.4) is 0 Å². The van der Waals surface area contributed by atoms with Crippen molar-refractivity contribution in [1.82, 2.24) is 4.72 Å². The van der Waals surface area contributed by atoms with Gasteiger partial charge in [0.1, 0.15) is 6.54 Å². The van der Waals surface area contributed by atoms with Crippen LogP contribution < -0.4 is 4.72 Å². The molecular formula is C14H13NO5S2. The van der Waals surface area contributed by atoms with E-state index < -0.39 is 29.1 Å². The normalized spacial score (nSPS) is 11.1. The van der Waals surface area contributed by atoms with Gasteiger partial charge in [-0.3, -0.25) is 9.59 Å². The predicted octanol–water partition coefficient (Wildman–Crippen LogP) is 1.45. The lowest BCUT2D eigenvalue weighted by molar-refractivity contribution is -0.141. The molecule has 0 fully saturated rings. The van der Waals surface area contributed by atoms with Crippen molar-refractivity contribution in [3.05, 3.63) is 52.7 Å². The number of ether oxygens (including phenoxy) is 1. The number of hydrogen-bond donors (Lipinski definition) is 1. The topological polar surface area (TPSA) is 89.5 Å². The molecule has 0 aliphatic carbocycles. The summed E-state index contributed by atoms with van der Waals surface area (Å²) < 4.78 is 30.6. The van der Waals surface area contributed by atoms with E-state index in [0.29, 0.717) is 4.88 Å². The second-order valence-corrected chi connectivity index (χ2v) is 6.91. The lowest BCUT2D eigenvalue weighted by Crippen LogP contribution is -2.31. The Labute approximate surface area is 131 Å². The summed E-state index contributed by atoms with van der Waals surface area (Å²) in [7, 11) is -3.77. The first-order valence-electron chi connectivity index (χ1n) is 6.26. The molecule has 2 rings (SSSR count). The Morgan fingerprint density at radius 2 is 1.82 bits per heavy atom. The first kappa shape index (κ1) is 16.3. The van der Waals surface area contributed by atoms with E-state index in [4.69, 9.17) is 4.74 Å². The van der Waals surface area contributed by atoms with Gasteiger partial charge in [-0.25, -0.2) is 8.42 Å². The van der Waals surface area contributed by atoms with Gasteiger partial charge < -0.3 is 4.74 Å². The molecule has 116 valence electrons. The molecule has 0 spiro atoms. The minimum Gasteiger partial charge on any atom is -0.456 e. The van der Waals surface area contributed by atoms with E-state index in [0.717, 1.165) is 0 Å². The molecule has 6 nitrogen and oxygen atoms in total. The average molecular weight is 339 g/mol. The number of thiophene rings is 1. The number of ketones is 1. The summed E-state index contributed by atoms with van der Waals surface area (Å²) in [6.45, 7) is -0.943. The Morgan fingerprint density at radius 1 is 1.09 bits per heavy atom. The molecule has 0 radical (unpaired) electrons. The molecule has 1 aromatic heterocycles.